The largest absolute Gasteiger partial charge is 0.497 e. The van der Waals surface area contributed by atoms with Gasteiger partial charge >= 0.3 is 0 Å². The average Bonchev–Trinajstić information content (AvgIpc) is 3.29. The zero-order valence-corrected chi connectivity index (χ0v) is 12.8. The molecule has 0 saturated heterocycles. The highest BCUT2D eigenvalue weighted by Gasteiger charge is 2.23. The Morgan fingerprint density at radius 3 is 2.70 bits per heavy atom. The molecule has 0 atom stereocenters. The highest BCUT2D eigenvalue weighted by atomic mass is 16.5. The lowest BCUT2D eigenvalue weighted by Crippen LogP contribution is -2.25. The molecule has 4 rings (SSSR count). The predicted octanol–water partition coefficient (Wildman–Crippen LogP) is 3.13. The third-order valence-electron chi connectivity index (χ3n) is 4.02. The first kappa shape index (κ1) is 13.8. The van der Waals surface area contributed by atoms with Crippen LogP contribution in [0.25, 0.3) is 22.4 Å². The lowest BCUT2D eigenvalue weighted by Gasteiger charge is -2.03. The molecule has 5 nitrogen and oxygen atoms in total. The van der Waals surface area contributed by atoms with Gasteiger partial charge in [-0.25, -0.2) is 4.98 Å². The molecule has 0 bridgehead atoms. The van der Waals surface area contributed by atoms with Gasteiger partial charge in [0.15, 0.2) is 0 Å². The minimum absolute atomic E-state index is 0.00612. The SMILES string of the molecule is COc1ccc2nc(-c3ccc(C(=O)NC4CC4)cc3)[nH]c2c1. The zero-order valence-electron chi connectivity index (χ0n) is 12.8. The summed E-state index contributed by atoms with van der Waals surface area (Å²) in [6.07, 6.45) is 2.18. The van der Waals surface area contributed by atoms with E-state index < -0.39 is 0 Å². The van der Waals surface area contributed by atoms with Gasteiger partial charge in [0.05, 0.1) is 18.1 Å². The molecule has 0 unspecified atom stereocenters. The third kappa shape index (κ3) is 2.77. The van der Waals surface area contributed by atoms with E-state index in [1.54, 1.807) is 7.11 Å². The molecular weight excluding hydrogens is 290 g/mol. The van der Waals surface area contributed by atoms with Crippen molar-refractivity contribution in [1.82, 2.24) is 15.3 Å². The summed E-state index contributed by atoms with van der Waals surface area (Å²) in [4.78, 5) is 19.9. The van der Waals surface area contributed by atoms with E-state index in [0.29, 0.717) is 11.6 Å². The highest BCUT2D eigenvalue weighted by Crippen LogP contribution is 2.24. The number of benzene rings is 2. The van der Waals surface area contributed by atoms with E-state index in [9.17, 15) is 4.79 Å². The number of carbonyl (C=O) groups is 1. The predicted molar refractivity (Wildman–Crippen MR) is 88.6 cm³/mol. The van der Waals surface area contributed by atoms with Crippen molar-refractivity contribution in [3.8, 4) is 17.1 Å². The molecule has 23 heavy (non-hydrogen) atoms. The van der Waals surface area contributed by atoms with Crippen LogP contribution in [0.5, 0.6) is 5.75 Å². The number of carbonyl (C=O) groups excluding carboxylic acids is 1. The van der Waals surface area contributed by atoms with Crippen LogP contribution in [-0.4, -0.2) is 29.0 Å². The lowest BCUT2D eigenvalue weighted by molar-refractivity contribution is 0.0951. The van der Waals surface area contributed by atoms with E-state index in [1.165, 1.54) is 0 Å². The van der Waals surface area contributed by atoms with E-state index in [-0.39, 0.29) is 5.91 Å². The molecule has 1 aromatic heterocycles. The molecule has 0 radical (unpaired) electrons. The molecule has 116 valence electrons. The second kappa shape index (κ2) is 5.43. The summed E-state index contributed by atoms with van der Waals surface area (Å²) < 4.78 is 5.22. The topological polar surface area (TPSA) is 67.0 Å². The maximum atomic E-state index is 12.0. The van der Waals surface area contributed by atoms with E-state index >= 15 is 0 Å². The molecule has 2 aromatic carbocycles. The fourth-order valence-electron chi connectivity index (χ4n) is 2.53. The first-order valence-electron chi connectivity index (χ1n) is 7.68. The second-order valence-corrected chi connectivity index (χ2v) is 5.79. The number of ether oxygens (including phenoxy) is 1. The average molecular weight is 307 g/mol. The number of fused-ring (bicyclic) bond motifs is 1. The van der Waals surface area contributed by atoms with Crippen LogP contribution in [-0.2, 0) is 0 Å². The van der Waals surface area contributed by atoms with Gasteiger partial charge in [0.25, 0.3) is 5.91 Å². The smallest absolute Gasteiger partial charge is 0.251 e. The third-order valence-corrected chi connectivity index (χ3v) is 4.02. The van der Waals surface area contributed by atoms with E-state index in [2.05, 4.69) is 15.3 Å². The molecule has 1 aliphatic carbocycles. The maximum Gasteiger partial charge on any atom is 0.251 e. The Bertz CT molecular complexity index is 864. The van der Waals surface area contributed by atoms with E-state index in [0.717, 1.165) is 41.0 Å². The van der Waals surface area contributed by atoms with Crippen molar-refractivity contribution in [2.45, 2.75) is 18.9 Å². The van der Waals surface area contributed by atoms with Crippen LogP contribution in [0.4, 0.5) is 0 Å². The van der Waals surface area contributed by atoms with Crippen molar-refractivity contribution in [3.05, 3.63) is 48.0 Å². The van der Waals surface area contributed by atoms with Crippen molar-refractivity contribution in [2.75, 3.05) is 7.11 Å². The normalized spacial score (nSPS) is 14.0. The van der Waals surface area contributed by atoms with E-state index in [4.69, 9.17) is 4.74 Å². The molecule has 1 saturated carbocycles. The summed E-state index contributed by atoms with van der Waals surface area (Å²) >= 11 is 0. The van der Waals surface area contributed by atoms with Gasteiger partial charge in [-0.15, -0.1) is 0 Å². The molecule has 2 N–H and O–H groups in total. The van der Waals surface area contributed by atoms with Gasteiger partial charge in [-0.1, -0.05) is 12.1 Å². The Morgan fingerprint density at radius 2 is 2.00 bits per heavy atom. The van der Waals surface area contributed by atoms with Gasteiger partial charge in [0.2, 0.25) is 0 Å². The fraction of sp³-hybridized carbons (Fsp3) is 0.222. The summed E-state index contributed by atoms with van der Waals surface area (Å²) in [5.74, 6) is 1.57. The van der Waals surface area contributed by atoms with Crippen molar-refractivity contribution in [2.24, 2.45) is 0 Å². The van der Waals surface area contributed by atoms with Gasteiger partial charge < -0.3 is 15.0 Å². The molecule has 1 aliphatic rings. The van der Waals surface area contributed by atoms with Crippen LogP contribution >= 0.6 is 0 Å². The number of aromatic amines is 1. The number of aromatic nitrogens is 2. The standard InChI is InChI=1S/C18H17N3O2/c1-23-14-8-9-15-16(10-14)21-17(20-15)11-2-4-12(5-3-11)18(22)19-13-6-7-13/h2-5,8-10,13H,6-7H2,1H3,(H,19,22)(H,20,21). The molecule has 0 spiro atoms. The first-order chi connectivity index (χ1) is 11.2. The number of rotatable bonds is 4. The lowest BCUT2D eigenvalue weighted by atomic mass is 10.1. The molecule has 1 amide bonds. The number of hydrogen-bond acceptors (Lipinski definition) is 3. The quantitative estimate of drug-likeness (QED) is 0.778. The van der Waals surface area contributed by atoms with Crippen LogP contribution in [0.3, 0.4) is 0 Å². The maximum absolute atomic E-state index is 12.0. The molecule has 0 aliphatic heterocycles. The Labute approximate surface area is 133 Å². The summed E-state index contributed by atoms with van der Waals surface area (Å²) in [5.41, 5.74) is 3.44. The van der Waals surface area contributed by atoms with Crippen LogP contribution in [0.1, 0.15) is 23.2 Å². The number of nitrogens with zero attached hydrogens (tertiary/aromatic N) is 1. The van der Waals surface area contributed by atoms with Crippen LogP contribution in [0, 0.1) is 0 Å². The Morgan fingerprint density at radius 1 is 1.22 bits per heavy atom. The van der Waals surface area contributed by atoms with Crippen LogP contribution < -0.4 is 10.1 Å². The first-order valence-corrected chi connectivity index (χ1v) is 7.68. The number of amides is 1. The van der Waals surface area contributed by atoms with Gasteiger partial charge in [-0.2, -0.15) is 0 Å². The minimum Gasteiger partial charge on any atom is -0.497 e. The molecule has 1 heterocycles. The summed E-state index contributed by atoms with van der Waals surface area (Å²) in [7, 11) is 1.64. The molecule has 1 fully saturated rings. The van der Waals surface area contributed by atoms with Crippen LogP contribution in [0.2, 0.25) is 0 Å². The summed E-state index contributed by atoms with van der Waals surface area (Å²) in [6, 6.07) is 13.6. The summed E-state index contributed by atoms with van der Waals surface area (Å²) in [6.45, 7) is 0. The second-order valence-electron chi connectivity index (χ2n) is 5.79. The minimum atomic E-state index is -0.00612. The van der Waals surface area contributed by atoms with Crippen molar-refractivity contribution in [3.63, 3.8) is 0 Å². The van der Waals surface area contributed by atoms with Gasteiger partial charge in [0.1, 0.15) is 11.6 Å². The van der Waals surface area contributed by atoms with Crippen molar-refractivity contribution < 1.29 is 9.53 Å². The number of methoxy groups -OCH3 is 1. The van der Waals surface area contributed by atoms with Gasteiger partial charge in [-0.05, 0) is 37.1 Å². The number of nitrogens with one attached hydrogen (secondary N) is 2. The Kier molecular flexibility index (Phi) is 3.26. The van der Waals surface area contributed by atoms with E-state index in [1.807, 2.05) is 42.5 Å². The van der Waals surface area contributed by atoms with Gasteiger partial charge in [0, 0.05) is 23.2 Å². The Hall–Kier alpha value is -2.82. The Balaban J connectivity index is 1.60. The highest BCUT2D eigenvalue weighted by molar-refractivity contribution is 5.95. The van der Waals surface area contributed by atoms with Crippen molar-refractivity contribution >= 4 is 16.9 Å². The molecule has 3 aromatic rings. The number of hydrogen-bond donors (Lipinski definition) is 2. The summed E-state index contributed by atoms with van der Waals surface area (Å²) in [5, 5.41) is 2.99. The van der Waals surface area contributed by atoms with Crippen molar-refractivity contribution in [1.29, 1.82) is 0 Å². The molecule has 5 heteroatoms. The van der Waals surface area contributed by atoms with Crippen LogP contribution in [0.15, 0.2) is 42.5 Å². The van der Waals surface area contributed by atoms with Gasteiger partial charge in [-0.3, -0.25) is 4.79 Å². The number of H-pyrrole nitrogens is 1. The number of imidazole rings is 1. The zero-order chi connectivity index (χ0) is 15.8. The monoisotopic (exact) mass is 307 g/mol. The molecular formula is C18H17N3O2. The fourth-order valence-corrected chi connectivity index (χ4v) is 2.53.